The van der Waals surface area contributed by atoms with Crippen molar-refractivity contribution in [3.05, 3.63) is 29.3 Å². The minimum atomic E-state index is -0.911. The Morgan fingerprint density at radius 1 is 1.36 bits per heavy atom. The van der Waals surface area contributed by atoms with Gasteiger partial charge in [0, 0.05) is 12.5 Å². The molecule has 14 heavy (non-hydrogen) atoms. The topological polar surface area (TPSA) is 9.23 Å². The lowest BCUT2D eigenvalue weighted by Crippen LogP contribution is -1.99. The number of ether oxygens (including phenoxy) is 1. The molecule has 0 atom stereocenters. The van der Waals surface area contributed by atoms with Gasteiger partial charge in [-0.15, -0.1) is 12.3 Å². The van der Waals surface area contributed by atoms with Crippen LogP contribution in [0.4, 0.5) is 8.78 Å². The van der Waals surface area contributed by atoms with Crippen molar-refractivity contribution < 1.29 is 13.5 Å². The third-order valence-electron chi connectivity index (χ3n) is 1.72. The molecule has 3 heteroatoms. The van der Waals surface area contributed by atoms with Gasteiger partial charge in [0.05, 0.1) is 6.61 Å². The number of halogens is 2. The van der Waals surface area contributed by atoms with Gasteiger partial charge in [-0.1, -0.05) is 0 Å². The molecule has 0 bridgehead atoms. The molecule has 1 aromatic rings. The molecule has 0 fully saturated rings. The molecule has 0 spiro atoms. The van der Waals surface area contributed by atoms with Gasteiger partial charge >= 0.3 is 0 Å². The van der Waals surface area contributed by atoms with E-state index < -0.39 is 11.6 Å². The van der Waals surface area contributed by atoms with Crippen LogP contribution in [0.15, 0.2) is 12.1 Å². The Hall–Kier alpha value is -1.56. The quantitative estimate of drug-likeness (QED) is 0.533. The van der Waals surface area contributed by atoms with Crippen LogP contribution in [0, 0.1) is 30.9 Å². The molecule has 0 saturated heterocycles. The van der Waals surface area contributed by atoms with Gasteiger partial charge in [0.1, 0.15) is 5.75 Å². The predicted octanol–water partition coefficient (Wildman–Crippen LogP) is 2.68. The lowest BCUT2D eigenvalue weighted by atomic mass is 10.2. The van der Waals surface area contributed by atoms with Gasteiger partial charge in [0.2, 0.25) is 0 Å². The van der Waals surface area contributed by atoms with Crippen molar-refractivity contribution in [1.29, 1.82) is 0 Å². The zero-order chi connectivity index (χ0) is 10.6. The average Bonchev–Trinajstić information content (AvgIpc) is 2.14. The third kappa shape index (κ3) is 2.46. The van der Waals surface area contributed by atoms with Gasteiger partial charge < -0.3 is 4.74 Å². The Labute approximate surface area is 81.7 Å². The Balaban J connectivity index is 2.78. The lowest BCUT2D eigenvalue weighted by Gasteiger charge is -2.07. The Kier molecular flexibility index (Phi) is 3.47. The van der Waals surface area contributed by atoms with Crippen LogP contribution in [0.2, 0.25) is 0 Å². The van der Waals surface area contributed by atoms with Crippen LogP contribution < -0.4 is 4.74 Å². The fourth-order valence-corrected chi connectivity index (χ4v) is 1.00. The molecular weight excluding hydrogens is 186 g/mol. The van der Waals surface area contributed by atoms with Crippen molar-refractivity contribution in [2.24, 2.45) is 0 Å². The number of rotatable bonds is 3. The Bertz CT molecular complexity index is 366. The second-order valence-electron chi connectivity index (χ2n) is 2.83. The summed E-state index contributed by atoms with van der Waals surface area (Å²) in [4.78, 5) is 0. The summed E-state index contributed by atoms with van der Waals surface area (Å²) in [6.45, 7) is 1.95. The fourth-order valence-electron chi connectivity index (χ4n) is 1.00. The normalized spacial score (nSPS) is 9.57. The molecule has 1 aromatic carbocycles. The first kappa shape index (κ1) is 10.5. The molecule has 74 valence electrons. The molecule has 0 saturated carbocycles. The van der Waals surface area contributed by atoms with E-state index in [1.807, 2.05) is 0 Å². The van der Waals surface area contributed by atoms with Crippen LogP contribution in [-0.4, -0.2) is 6.61 Å². The van der Waals surface area contributed by atoms with E-state index in [0.717, 1.165) is 12.1 Å². The van der Waals surface area contributed by atoms with Crippen molar-refractivity contribution in [3.63, 3.8) is 0 Å². The summed E-state index contributed by atoms with van der Waals surface area (Å²) < 4.78 is 30.6. The molecule has 1 rings (SSSR count). The number of benzene rings is 1. The second-order valence-corrected chi connectivity index (χ2v) is 2.83. The van der Waals surface area contributed by atoms with E-state index in [4.69, 9.17) is 11.2 Å². The van der Waals surface area contributed by atoms with Crippen molar-refractivity contribution in [3.8, 4) is 18.1 Å². The third-order valence-corrected chi connectivity index (χ3v) is 1.72. The van der Waals surface area contributed by atoms with Gasteiger partial charge in [0.25, 0.3) is 0 Å². The Morgan fingerprint density at radius 2 is 2.00 bits per heavy atom. The minimum Gasteiger partial charge on any atom is -0.492 e. The first-order valence-electron chi connectivity index (χ1n) is 4.17. The molecule has 0 aliphatic carbocycles. The monoisotopic (exact) mass is 196 g/mol. The van der Waals surface area contributed by atoms with Crippen molar-refractivity contribution in [2.45, 2.75) is 13.3 Å². The van der Waals surface area contributed by atoms with Crippen LogP contribution >= 0.6 is 0 Å². The van der Waals surface area contributed by atoms with Crippen LogP contribution in [0.1, 0.15) is 12.0 Å². The number of aryl methyl sites for hydroxylation is 1. The summed E-state index contributed by atoms with van der Waals surface area (Å²) in [7, 11) is 0. The van der Waals surface area contributed by atoms with Crippen LogP contribution in [0.3, 0.4) is 0 Å². The van der Waals surface area contributed by atoms with E-state index in [-0.39, 0.29) is 0 Å². The Morgan fingerprint density at radius 3 is 2.64 bits per heavy atom. The van der Waals surface area contributed by atoms with E-state index in [1.165, 1.54) is 0 Å². The van der Waals surface area contributed by atoms with Gasteiger partial charge in [-0.05, 0) is 18.6 Å². The number of terminal acetylenes is 1. The van der Waals surface area contributed by atoms with E-state index in [1.54, 1.807) is 6.92 Å². The zero-order valence-corrected chi connectivity index (χ0v) is 7.81. The summed E-state index contributed by atoms with van der Waals surface area (Å²) in [6, 6.07) is 2.13. The van der Waals surface area contributed by atoms with Crippen molar-refractivity contribution >= 4 is 0 Å². The van der Waals surface area contributed by atoms with Gasteiger partial charge in [-0.2, -0.15) is 0 Å². The highest BCUT2D eigenvalue weighted by molar-refractivity contribution is 5.33. The lowest BCUT2D eigenvalue weighted by molar-refractivity contribution is 0.321. The highest BCUT2D eigenvalue weighted by atomic mass is 19.2. The fraction of sp³-hybridized carbons (Fsp3) is 0.273. The first-order valence-corrected chi connectivity index (χ1v) is 4.17. The van der Waals surface area contributed by atoms with E-state index in [2.05, 4.69) is 5.92 Å². The average molecular weight is 196 g/mol. The van der Waals surface area contributed by atoms with E-state index >= 15 is 0 Å². The highest BCUT2D eigenvalue weighted by Crippen LogP contribution is 2.21. The van der Waals surface area contributed by atoms with E-state index in [9.17, 15) is 8.78 Å². The number of hydrogen-bond donors (Lipinski definition) is 0. The maximum atomic E-state index is 12.8. The summed E-state index contributed by atoms with van der Waals surface area (Å²) in [5.41, 5.74) is 0.556. The zero-order valence-electron chi connectivity index (χ0n) is 7.81. The van der Waals surface area contributed by atoms with Crippen LogP contribution in [-0.2, 0) is 0 Å². The van der Waals surface area contributed by atoms with Crippen molar-refractivity contribution in [1.82, 2.24) is 0 Å². The molecule has 0 aliphatic rings. The SMILES string of the molecule is C#CCCOc1cc(F)c(F)cc1C. The van der Waals surface area contributed by atoms with Crippen LogP contribution in [0.5, 0.6) is 5.75 Å². The molecule has 1 nitrogen and oxygen atoms in total. The minimum absolute atomic E-state index is 0.308. The molecule has 0 heterocycles. The molecule has 0 N–H and O–H groups in total. The predicted molar refractivity (Wildman–Crippen MR) is 50.0 cm³/mol. The standard InChI is InChI=1S/C11H10F2O/c1-3-4-5-14-11-7-10(13)9(12)6-8(11)2/h1,6-7H,4-5H2,2H3. The molecule has 0 unspecified atom stereocenters. The summed E-state index contributed by atoms with van der Waals surface area (Å²) >= 11 is 0. The molecule has 0 aliphatic heterocycles. The maximum Gasteiger partial charge on any atom is 0.162 e. The molecule has 0 amide bonds. The molecule has 0 aromatic heterocycles. The summed E-state index contributed by atoms with van der Waals surface area (Å²) in [5, 5.41) is 0. The second kappa shape index (κ2) is 4.61. The van der Waals surface area contributed by atoms with Gasteiger partial charge in [-0.3, -0.25) is 0 Å². The molecular formula is C11H10F2O. The van der Waals surface area contributed by atoms with Crippen molar-refractivity contribution in [2.75, 3.05) is 6.61 Å². The summed E-state index contributed by atoms with van der Waals surface area (Å²) in [5.74, 6) is 0.944. The first-order chi connectivity index (χ1) is 6.65. The largest absolute Gasteiger partial charge is 0.492 e. The van der Waals surface area contributed by atoms with E-state index in [0.29, 0.717) is 24.3 Å². The highest BCUT2D eigenvalue weighted by Gasteiger charge is 2.07. The maximum absolute atomic E-state index is 12.8. The van der Waals surface area contributed by atoms with Gasteiger partial charge in [-0.25, -0.2) is 8.78 Å². The molecule has 0 radical (unpaired) electrons. The smallest absolute Gasteiger partial charge is 0.162 e. The van der Waals surface area contributed by atoms with Crippen LogP contribution in [0.25, 0.3) is 0 Å². The number of hydrogen-bond acceptors (Lipinski definition) is 1. The summed E-state index contributed by atoms with van der Waals surface area (Å²) in [6.07, 6.45) is 5.46. The van der Waals surface area contributed by atoms with Gasteiger partial charge in [0.15, 0.2) is 11.6 Å².